The number of aromatic nitrogens is 2. The van der Waals surface area contributed by atoms with E-state index in [-0.39, 0.29) is 0 Å². The highest BCUT2D eigenvalue weighted by Crippen LogP contribution is 2.32. The molecule has 5 heteroatoms. The molecule has 0 aromatic carbocycles. The average Bonchev–Trinajstić information content (AvgIpc) is 2.42. The van der Waals surface area contributed by atoms with Crippen LogP contribution < -0.4 is 10.2 Å². The topological polar surface area (TPSA) is 41.1 Å². The molecule has 0 saturated heterocycles. The number of hydrogen-bond acceptors (Lipinski definition) is 4. The summed E-state index contributed by atoms with van der Waals surface area (Å²) in [4.78, 5) is 11.0. The van der Waals surface area contributed by atoms with Gasteiger partial charge in [-0.05, 0) is 35.7 Å². The van der Waals surface area contributed by atoms with E-state index in [1.54, 1.807) is 6.33 Å². The molecule has 1 saturated carbocycles. The van der Waals surface area contributed by atoms with Gasteiger partial charge >= 0.3 is 0 Å². The molecule has 1 heterocycles. The van der Waals surface area contributed by atoms with Crippen molar-refractivity contribution < 1.29 is 0 Å². The maximum atomic E-state index is 4.42. The van der Waals surface area contributed by atoms with E-state index in [1.807, 2.05) is 0 Å². The van der Waals surface area contributed by atoms with Crippen molar-refractivity contribution in [2.24, 2.45) is 0 Å². The van der Waals surface area contributed by atoms with E-state index in [9.17, 15) is 0 Å². The van der Waals surface area contributed by atoms with Crippen molar-refractivity contribution >= 4 is 27.6 Å². The van der Waals surface area contributed by atoms with Crippen molar-refractivity contribution in [1.29, 1.82) is 0 Å². The van der Waals surface area contributed by atoms with Gasteiger partial charge in [0.2, 0.25) is 0 Å². The van der Waals surface area contributed by atoms with Gasteiger partial charge in [0.05, 0.1) is 0 Å². The Labute approximate surface area is 117 Å². The number of anilines is 2. The first kappa shape index (κ1) is 13.6. The van der Waals surface area contributed by atoms with Crippen LogP contribution in [0.1, 0.15) is 39.0 Å². The van der Waals surface area contributed by atoms with E-state index in [0.29, 0.717) is 6.04 Å². The lowest BCUT2D eigenvalue weighted by molar-refractivity contribution is 0.425. The molecule has 0 unspecified atom stereocenters. The molecule has 100 valence electrons. The molecule has 2 rings (SSSR count). The highest BCUT2D eigenvalue weighted by atomic mass is 79.9. The van der Waals surface area contributed by atoms with Gasteiger partial charge in [-0.3, -0.25) is 0 Å². The van der Waals surface area contributed by atoms with Crippen LogP contribution in [0.4, 0.5) is 11.6 Å². The standard InChI is InChI=1S/C13H21BrN4/c1-3-15-12-11(14)13(17-9-16-12)18(2)10-7-5-4-6-8-10/h9-10H,3-8H2,1-2H3,(H,15,16,17). The number of hydrogen-bond donors (Lipinski definition) is 1. The van der Waals surface area contributed by atoms with E-state index < -0.39 is 0 Å². The van der Waals surface area contributed by atoms with Crippen molar-refractivity contribution in [3.8, 4) is 0 Å². The van der Waals surface area contributed by atoms with E-state index in [1.165, 1.54) is 32.1 Å². The molecular formula is C13H21BrN4. The summed E-state index contributed by atoms with van der Waals surface area (Å²) >= 11 is 3.62. The molecule has 0 aliphatic heterocycles. The molecule has 1 aromatic heterocycles. The first-order chi connectivity index (χ1) is 8.74. The van der Waals surface area contributed by atoms with Crippen LogP contribution in [0.5, 0.6) is 0 Å². The predicted octanol–water partition coefficient (Wildman–Crippen LogP) is 3.44. The summed E-state index contributed by atoms with van der Waals surface area (Å²) < 4.78 is 0.972. The summed E-state index contributed by atoms with van der Waals surface area (Å²) in [5, 5.41) is 3.25. The van der Waals surface area contributed by atoms with E-state index >= 15 is 0 Å². The van der Waals surface area contributed by atoms with E-state index in [2.05, 4.69) is 50.1 Å². The molecule has 1 aliphatic carbocycles. The highest BCUT2D eigenvalue weighted by molar-refractivity contribution is 9.10. The molecule has 18 heavy (non-hydrogen) atoms. The van der Waals surface area contributed by atoms with Crippen LogP contribution in [-0.4, -0.2) is 29.6 Å². The molecule has 0 atom stereocenters. The minimum Gasteiger partial charge on any atom is -0.369 e. The van der Waals surface area contributed by atoms with Crippen molar-refractivity contribution in [1.82, 2.24) is 9.97 Å². The molecule has 1 fully saturated rings. The minimum atomic E-state index is 0.611. The molecule has 1 aromatic rings. The second kappa shape index (κ2) is 6.36. The van der Waals surface area contributed by atoms with Crippen LogP contribution in [0, 0.1) is 0 Å². The molecule has 0 amide bonds. The normalized spacial score (nSPS) is 16.6. The van der Waals surface area contributed by atoms with Crippen LogP contribution in [-0.2, 0) is 0 Å². The Morgan fingerprint density at radius 1 is 1.33 bits per heavy atom. The fourth-order valence-electron chi connectivity index (χ4n) is 2.54. The van der Waals surface area contributed by atoms with Gasteiger partial charge in [-0.1, -0.05) is 19.3 Å². The summed E-state index contributed by atoms with van der Waals surface area (Å²) in [6, 6.07) is 0.611. The maximum absolute atomic E-state index is 4.42. The van der Waals surface area contributed by atoms with Gasteiger partial charge < -0.3 is 10.2 Å². The third-order valence-electron chi connectivity index (χ3n) is 3.57. The quantitative estimate of drug-likeness (QED) is 0.924. The third-order valence-corrected chi connectivity index (χ3v) is 4.30. The average molecular weight is 313 g/mol. The third kappa shape index (κ3) is 2.94. The molecule has 4 nitrogen and oxygen atoms in total. The Bertz CT molecular complexity index is 391. The summed E-state index contributed by atoms with van der Waals surface area (Å²) in [6.45, 7) is 2.93. The Morgan fingerprint density at radius 3 is 2.72 bits per heavy atom. The Morgan fingerprint density at radius 2 is 2.06 bits per heavy atom. The summed E-state index contributed by atoms with van der Waals surface area (Å²) in [5.74, 6) is 1.87. The summed E-state index contributed by atoms with van der Waals surface area (Å²) in [5.41, 5.74) is 0. The number of rotatable bonds is 4. The van der Waals surface area contributed by atoms with Gasteiger partial charge in [0.1, 0.15) is 22.4 Å². The second-order valence-electron chi connectivity index (χ2n) is 4.79. The minimum absolute atomic E-state index is 0.611. The first-order valence-electron chi connectivity index (χ1n) is 6.71. The first-order valence-corrected chi connectivity index (χ1v) is 7.50. The Balaban J connectivity index is 2.18. The molecule has 1 aliphatic rings. The van der Waals surface area contributed by atoms with Crippen molar-refractivity contribution in [3.63, 3.8) is 0 Å². The lowest BCUT2D eigenvalue weighted by atomic mass is 9.94. The van der Waals surface area contributed by atoms with Crippen LogP contribution >= 0.6 is 15.9 Å². The fraction of sp³-hybridized carbons (Fsp3) is 0.692. The van der Waals surface area contributed by atoms with Crippen molar-refractivity contribution in [2.45, 2.75) is 45.1 Å². The van der Waals surface area contributed by atoms with Crippen molar-refractivity contribution in [3.05, 3.63) is 10.8 Å². The monoisotopic (exact) mass is 312 g/mol. The fourth-order valence-corrected chi connectivity index (χ4v) is 3.16. The number of halogens is 1. The van der Waals surface area contributed by atoms with Crippen LogP contribution in [0.3, 0.4) is 0 Å². The number of nitrogens with one attached hydrogen (secondary N) is 1. The van der Waals surface area contributed by atoms with Gasteiger partial charge in [0, 0.05) is 19.6 Å². The zero-order chi connectivity index (χ0) is 13.0. The van der Waals surface area contributed by atoms with Gasteiger partial charge in [-0.15, -0.1) is 0 Å². The van der Waals surface area contributed by atoms with E-state index in [0.717, 1.165) is 22.7 Å². The zero-order valence-corrected chi connectivity index (χ0v) is 12.7. The lowest BCUT2D eigenvalue weighted by Crippen LogP contribution is -2.34. The Hall–Kier alpha value is -0.840. The van der Waals surface area contributed by atoms with Crippen LogP contribution in [0.25, 0.3) is 0 Å². The molecule has 0 bridgehead atoms. The largest absolute Gasteiger partial charge is 0.369 e. The second-order valence-corrected chi connectivity index (χ2v) is 5.59. The SMILES string of the molecule is CCNc1ncnc(N(C)C2CCCCC2)c1Br. The molecule has 0 spiro atoms. The zero-order valence-electron chi connectivity index (χ0n) is 11.1. The van der Waals surface area contributed by atoms with E-state index in [4.69, 9.17) is 0 Å². The lowest BCUT2D eigenvalue weighted by Gasteiger charge is -2.32. The predicted molar refractivity (Wildman–Crippen MR) is 79.2 cm³/mol. The van der Waals surface area contributed by atoms with Gasteiger partial charge in [-0.25, -0.2) is 9.97 Å². The smallest absolute Gasteiger partial charge is 0.148 e. The van der Waals surface area contributed by atoms with Crippen molar-refractivity contribution in [2.75, 3.05) is 23.8 Å². The Kier molecular flexibility index (Phi) is 4.80. The van der Waals surface area contributed by atoms with Gasteiger partial charge in [0.25, 0.3) is 0 Å². The summed E-state index contributed by atoms with van der Waals surface area (Å²) in [6.07, 6.45) is 8.21. The van der Waals surface area contributed by atoms with Gasteiger partial charge in [-0.2, -0.15) is 0 Å². The highest BCUT2D eigenvalue weighted by Gasteiger charge is 2.21. The molecule has 0 radical (unpaired) electrons. The van der Waals surface area contributed by atoms with Gasteiger partial charge in [0.15, 0.2) is 0 Å². The number of nitrogens with zero attached hydrogens (tertiary/aromatic N) is 3. The molecular weight excluding hydrogens is 292 g/mol. The summed E-state index contributed by atoms with van der Waals surface area (Å²) in [7, 11) is 2.14. The van der Waals surface area contributed by atoms with Crippen LogP contribution in [0.15, 0.2) is 10.8 Å². The maximum Gasteiger partial charge on any atom is 0.148 e. The molecule has 1 N–H and O–H groups in total. The van der Waals surface area contributed by atoms with Crippen LogP contribution in [0.2, 0.25) is 0 Å².